The maximum absolute atomic E-state index is 13.3. The van der Waals surface area contributed by atoms with E-state index in [9.17, 15) is 13.6 Å². The zero-order chi connectivity index (χ0) is 18.7. The van der Waals surface area contributed by atoms with E-state index in [1.165, 1.54) is 6.07 Å². The minimum Gasteiger partial charge on any atom is -0.497 e. The van der Waals surface area contributed by atoms with Gasteiger partial charge in [0.05, 0.1) is 14.2 Å². The fraction of sp³-hybridized carbons (Fsp3) is 0.278. The number of hydrogen-bond donors (Lipinski definition) is 1. The summed E-state index contributed by atoms with van der Waals surface area (Å²) < 4.78 is 37.0. The van der Waals surface area contributed by atoms with E-state index < -0.39 is 11.6 Å². The van der Waals surface area contributed by atoms with Crippen LogP contribution in [0.25, 0.3) is 0 Å². The highest BCUT2D eigenvalue weighted by molar-refractivity contribution is 7.99. The lowest BCUT2D eigenvalue weighted by Crippen LogP contribution is -2.34. The van der Waals surface area contributed by atoms with Crippen molar-refractivity contribution in [3.63, 3.8) is 0 Å². The molecule has 1 N–H and O–H groups in total. The van der Waals surface area contributed by atoms with Crippen LogP contribution >= 0.6 is 11.8 Å². The maximum atomic E-state index is 13.3. The Balaban J connectivity index is 1.81. The van der Waals surface area contributed by atoms with Gasteiger partial charge in [-0.25, -0.2) is 13.6 Å². The molecule has 138 valence electrons. The molecular weight excluding hydrogens is 362 g/mol. The number of nitrogens with one attached hydrogen (secondary N) is 1. The Morgan fingerprint density at radius 3 is 2.42 bits per heavy atom. The van der Waals surface area contributed by atoms with E-state index in [-0.39, 0.29) is 17.1 Å². The minimum absolute atomic E-state index is 0.202. The Hall–Kier alpha value is -2.48. The quantitative estimate of drug-likeness (QED) is 0.861. The first-order valence-corrected chi connectivity index (χ1v) is 8.94. The SMILES string of the molecule is COc1cc(OC)cc(C2SCCN2C(=O)Nc2ccc(F)c(F)c2)c1. The van der Waals surface area contributed by atoms with Crippen molar-refractivity contribution in [1.29, 1.82) is 0 Å². The van der Waals surface area contributed by atoms with Crippen LogP contribution in [-0.4, -0.2) is 37.4 Å². The topological polar surface area (TPSA) is 50.8 Å². The van der Waals surface area contributed by atoms with Crippen molar-refractivity contribution in [1.82, 2.24) is 4.90 Å². The van der Waals surface area contributed by atoms with Gasteiger partial charge in [0, 0.05) is 30.1 Å². The van der Waals surface area contributed by atoms with Crippen LogP contribution in [0, 0.1) is 11.6 Å². The number of amides is 2. The van der Waals surface area contributed by atoms with Gasteiger partial charge in [-0.05, 0) is 29.8 Å². The van der Waals surface area contributed by atoms with Gasteiger partial charge in [0.2, 0.25) is 0 Å². The van der Waals surface area contributed by atoms with Crippen molar-refractivity contribution in [2.24, 2.45) is 0 Å². The van der Waals surface area contributed by atoms with Gasteiger partial charge in [0.1, 0.15) is 16.9 Å². The summed E-state index contributed by atoms with van der Waals surface area (Å²) in [4.78, 5) is 14.3. The second-order valence-corrected chi connectivity index (χ2v) is 6.81. The number of thioether (sulfide) groups is 1. The average molecular weight is 380 g/mol. The third-order valence-electron chi connectivity index (χ3n) is 3.98. The molecule has 0 spiro atoms. The molecule has 1 saturated heterocycles. The summed E-state index contributed by atoms with van der Waals surface area (Å²) in [5.41, 5.74) is 1.07. The monoisotopic (exact) mass is 380 g/mol. The molecule has 0 bridgehead atoms. The van der Waals surface area contributed by atoms with Crippen molar-refractivity contribution in [3.05, 3.63) is 53.6 Å². The highest BCUT2D eigenvalue weighted by Crippen LogP contribution is 2.40. The number of methoxy groups -OCH3 is 2. The number of benzene rings is 2. The molecular formula is C18H18F2N2O3S. The zero-order valence-electron chi connectivity index (χ0n) is 14.3. The van der Waals surface area contributed by atoms with Crippen LogP contribution in [0.5, 0.6) is 11.5 Å². The Labute approximate surface area is 154 Å². The molecule has 0 radical (unpaired) electrons. The van der Waals surface area contributed by atoms with Crippen LogP contribution in [0.1, 0.15) is 10.9 Å². The number of anilines is 1. The molecule has 5 nitrogen and oxygen atoms in total. The summed E-state index contributed by atoms with van der Waals surface area (Å²) in [5.74, 6) is 0.0597. The van der Waals surface area contributed by atoms with Crippen LogP contribution in [-0.2, 0) is 0 Å². The average Bonchev–Trinajstić information content (AvgIpc) is 3.14. The molecule has 3 rings (SSSR count). The van der Waals surface area contributed by atoms with Crippen LogP contribution < -0.4 is 14.8 Å². The number of rotatable bonds is 4. The van der Waals surface area contributed by atoms with Crippen molar-refractivity contribution in [2.45, 2.75) is 5.37 Å². The molecule has 1 fully saturated rings. The number of ether oxygens (including phenoxy) is 2. The largest absolute Gasteiger partial charge is 0.497 e. The molecule has 1 unspecified atom stereocenters. The lowest BCUT2D eigenvalue weighted by Gasteiger charge is -2.25. The second-order valence-electron chi connectivity index (χ2n) is 5.62. The second kappa shape index (κ2) is 7.82. The predicted octanol–water partition coefficient (Wildman–Crippen LogP) is 4.26. The van der Waals surface area contributed by atoms with Gasteiger partial charge in [-0.15, -0.1) is 11.8 Å². The van der Waals surface area contributed by atoms with E-state index in [1.807, 2.05) is 12.1 Å². The zero-order valence-corrected chi connectivity index (χ0v) is 15.1. The first kappa shape index (κ1) is 18.3. The van der Waals surface area contributed by atoms with Gasteiger partial charge in [-0.3, -0.25) is 0 Å². The third kappa shape index (κ3) is 3.85. The van der Waals surface area contributed by atoms with E-state index >= 15 is 0 Å². The molecule has 2 amide bonds. The van der Waals surface area contributed by atoms with Gasteiger partial charge in [0.15, 0.2) is 11.6 Å². The van der Waals surface area contributed by atoms with Gasteiger partial charge in [0.25, 0.3) is 0 Å². The van der Waals surface area contributed by atoms with Crippen molar-refractivity contribution in [3.8, 4) is 11.5 Å². The molecule has 1 atom stereocenters. The number of carbonyl (C=O) groups excluding carboxylic acids is 1. The van der Waals surface area contributed by atoms with Gasteiger partial charge < -0.3 is 19.7 Å². The molecule has 26 heavy (non-hydrogen) atoms. The van der Waals surface area contributed by atoms with Gasteiger partial charge in [-0.2, -0.15) is 0 Å². The van der Waals surface area contributed by atoms with E-state index in [4.69, 9.17) is 9.47 Å². The number of urea groups is 1. The Kier molecular flexibility index (Phi) is 5.51. The van der Waals surface area contributed by atoms with Crippen molar-refractivity contribution in [2.75, 3.05) is 31.8 Å². The fourth-order valence-electron chi connectivity index (χ4n) is 2.70. The first-order valence-electron chi connectivity index (χ1n) is 7.89. The molecule has 0 aliphatic carbocycles. The molecule has 8 heteroatoms. The number of hydrogen-bond acceptors (Lipinski definition) is 4. The van der Waals surface area contributed by atoms with E-state index in [1.54, 1.807) is 36.9 Å². The van der Waals surface area contributed by atoms with Crippen LogP contribution in [0.4, 0.5) is 19.3 Å². The van der Waals surface area contributed by atoms with Crippen LogP contribution in [0.15, 0.2) is 36.4 Å². The number of carbonyl (C=O) groups is 1. The standard InChI is InChI=1S/C18H18F2N2O3S/c1-24-13-7-11(8-14(10-13)25-2)17-22(5-6-26-17)18(23)21-12-3-4-15(19)16(20)9-12/h3-4,7-10,17H,5-6H2,1-2H3,(H,21,23). The Morgan fingerprint density at radius 1 is 1.12 bits per heavy atom. The molecule has 2 aromatic carbocycles. The summed E-state index contributed by atoms with van der Waals surface area (Å²) in [6.07, 6.45) is 0. The molecule has 1 heterocycles. The summed E-state index contributed by atoms with van der Waals surface area (Å²) in [7, 11) is 3.13. The summed E-state index contributed by atoms with van der Waals surface area (Å²) in [6, 6.07) is 8.34. The summed E-state index contributed by atoms with van der Waals surface area (Å²) in [5, 5.41) is 2.38. The highest BCUT2D eigenvalue weighted by Gasteiger charge is 2.31. The Morgan fingerprint density at radius 2 is 1.81 bits per heavy atom. The normalized spacial score (nSPS) is 16.5. The molecule has 1 aliphatic heterocycles. The van der Waals surface area contributed by atoms with Gasteiger partial charge in [-0.1, -0.05) is 0 Å². The Bertz CT molecular complexity index is 797. The molecule has 0 aromatic heterocycles. The van der Waals surface area contributed by atoms with E-state index in [2.05, 4.69) is 5.32 Å². The van der Waals surface area contributed by atoms with Gasteiger partial charge >= 0.3 is 6.03 Å². The summed E-state index contributed by atoms with van der Waals surface area (Å²) in [6.45, 7) is 0.532. The summed E-state index contributed by atoms with van der Waals surface area (Å²) >= 11 is 1.61. The van der Waals surface area contributed by atoms with Crippen LogP contribution in [0.2, 0.25) is 0 Å². The van der Waals surface area contributed by atoms with Crippen molar-refractivity contribution < 1.29 is 23.0 Å². The number of nitrogens with zero attached hydrogens (tertiary/aromatic N) is 1. The lowest BCUT2D eigenvalue weighted by molar-refractivity contribution is 0.214. The third-order valence-corrected chi connectivity index (χ3v) is 5.24. The smallest absolute Gasteiger partial charge is 0.323 e. The highest BCUT2D eigenvalue weighted by atomic mass is 32.2. The predicted molar refractivity (Wildman–Crippen MR) is 96.8 cm³/mol. The molecule has 2 aromatic rings. The fourth-order valence-corrected chi connectivity index (χ4v) is 3.93. The van der Waals surface area contributed by atoms with Crippen LogP contribution in [0.3, 0.4) is 0 Å². The maximum Gasteiger partial charge on any atom is 0.323 e. The van der Waals surface area contributed by atoms with E-state index in [0.29, 0.717) is 18.0 Å². The molecule has 1 aliphatic rings. The number of halogens is 2. The van der Waals surface area contributed by atoms with Crippen molar-refractivity contribution >= 4 is 23.5 Å². The lowest BCUT2D eigenvalue weighted by atomic mass is 10.2. The molecule has 0 saturated carbocycles. The first-order chi connectivity index (χ1) is 12.5. The van der Waals surface area contributed by atoms with E-state index in [0.717, 1.165) is 23.4 Å². The minimum atomic E-state index is -1.01.